The quantitative estimate of drug-likeness (QED) is 0.177. The summed E-state index contributed by atoms with van der Waals surface area (Å²) in [7, 11) is 0. The van der Waals surface area contributed by atoms with E-state index in [-0.39, 0.29) is 6.42 Å². The van der Waals surface area contributed by atoms with Gasteiger partial charge in [0, 0.05) is 6.42 Å². The first kappa shape index (κ1) is 30.9. The largest absolute Gasteiger partial charge is 0.481 e. The Morgan fingerprint density at radius 3 is 2.06 bits per heavy atom. The van der Waals surface area contributed by atoms with Crippen LogP contribution in [-0.4, -0.2) is 76.0 Å². The number of carbonyl (C=O) groups excluding carboxylic acids is 3. The van der Waals surface area contributed by atoms with Crippen molar-refractivity contribution in [2.75, 3.05) is 12.0 Å². The zero-order valence-electron chi connectivity index (χ0n) is 20.7. The normalized spacial score (nSPS) is 15.0. The number of hydrogen-bond acceptors (Lipinski definition) is 7. The molecule has 1 rings (SSSR count). The minimum atomic E-state index is -1.55. The lowest BCUT2D eigenvalue weighted by Crippen LogP contribution is -2.58. The first-order valence-corrected chi connectivity index (χ1v) is 13.0. The van der Waals surface area contributed by atoms with Crippen LogP contribution >= 0.6 is 11.8 Å². The number of amides is 3. The van der Waals surface area contributed by atoms with Crippen molar-refractivity contribution in [2.24, 2.45) is 11.7 Å². The van der Waals surface area contributed by atoms with Gasteiger partial charge >= 0.3 is 11.9 Å². The van der Waals surface area contributed by atoms with E-state index in [1.165, 1.54) is 11.8 Å². The summed E-state index contributed by atoms with van der Waals surface area (Å²) in [6, 6.07) is 4.01. The lowest BCUT2D eigenvalue weighted by Gasteiger charge is -2.26. The fourth-order valence-electron chi connectivity index (χ4n) is 3.31. The van der Waals surface area contributed by atoms with Crippen molar-refractivity contribution in [1.29, 1.82) is 0 Å². The summed E-state index contributed by atoms with van der Waals surface area (Å²) in [6.07, 6.45) is 2.02. The molecule has 0 bridgehead atoms. The number of carbonyl (C=O) groups is 5. The van der Waals surface area contributed by atoms with Gasteiger partial charge in [-0.1, -0.05) is 50.6 Å². The average Bonchev–Trinajstić information content (AvgIpc) is 2.84. The van der Waals surface area contributed by atoms with Crippen molar-refractivity contribution in [3.05, 3.63) is 35.9 Å². The lowest BCUT2D eigenvalue weighted by molar-refractivity contribution is -0.144. The van der Waals surface area contributed by atoms with Crippen LogP contribution in [0.5, 0.6) is 0 Å². The smallest absolute Gasteiger partial charge is 0.326 e. The van der Waals surface area contributed by atoms with Gasteiger partial charge in [-0.2, -0.15) is 11.8 Å². The van der Waals surface area contributed by atoms with Crippen LogP contribution in [0.15, 0.2) is 30.3 Å². The maximum absolute atomic E-state index is 13.2. The minimum absolute atomic E-state index is 0.0691. The van der Waals surface area contributed by atoms with E-state index in [4.69, 9.17) is 5.73 Å². The van der Waals surface area contributed by atoms with Crippen molar-refractivity contribution in [3.63, 3.8) is 0 Å². The molecule has 200 valence electrons. The van der Waals surface area contributed by atoms with Crippen LogP contribution in [0.4, 0.5) is 0 Å². The van der Waals surface area contributed by atoms with E-state index in [2.05, 4.69) is 16.0 Å². The third kappa shape index (κ3) is 10.6. The fourth-order valence-corrected chi connectivity index (χ4v) is 3.80. The van der Waals surface area contributed by atoms with E-state index in [1.54, 1.807) is 44.2 Å². The number of nitrogens with two attached hydrogens (primary N) is 1. The molecule has 3 amide bonds. The minimum Gasteiger partial charge on any atom is -0.481 e. The van der Waals surface area contributed by atoms with Crippen molar-refractivity contribution >= 4 is 41.4 Å². The molecule has 36 heavy (non-hydrogen) atoms. The van der Waals surface area contributed by atoms with Gasteiger partial charge in [0.05, 0.1) is 12.5 Å². The number of carboxylic acid groups (broad SMARTS) is 2. The Balaban J connectivity index is 3.11. The second-order valence-electron chi connectivity index (χ2n) is 8.51. The number of rotatable bonds is 16. The summed E-state index contributed by atoms with van der Waals surface area (Å²) in [4.78, 5) is 61.6. The van der Waals surface area contributed by atoms with E-state index in [9.17, 15) is 34.2 Å². The molecule has 5 atom stereocenters. The maximum Gasteiger partial charge on any atom is 0.326 e. The van der Waals surface area contributed by atoms with Crippen molar-refractivity contribution in [2.45, 2.75) is 63.7 Å². The summed E-state index contributed by atoms with van der Waals surface area (Å²) in [5.74, 6) is -4.71. The van der Waals surface area contributed by atoms with E-state index in [0.717, 1.165) is 5.56 Å². The number of hydrogen-bond donors (Lipinski definition) is 6. The van der Waals surface area contributed by atoms with E-state index in [0.29, 0.717) is 18.6 Å². The Bertz CT molecular complexity index is 900. The Morgan fingerprint density at radius 1 is 0.944 bits per heavy atom. The van der Waals surface area contributed by atoms with E-state index < -0.39 is 66.2 Å². The van der Waals surface area contributed by atoms with Crippen molar-refractivity contribution in [1.82, 2.24) is 16.0 Å². The van der Waals surface area contributed by atoms with Crippen LogP contribution in [0, 0.1) is 5.92 Å². The molecule has 0 aliphatic heterocycles. The fraction of sp³-hybridized carbons (Fsp3) is 0.542. The summed E-state index contributed by atoms with van der Waals surface area (Å²) in [5.41, 5.74) is 6.65. The van der Waals surface area contributed by atoms with E-state index >= 15 is 0 Å². The molecule has 0 aliphatic rings. The van der Waals surface area contributed by atoms with Crippen LogP contribution in [0.1, 0.15) is 38.7 Å². The van der Waals surface area contributed by atoms with Crippen LogP contribution in [0.3, 0.4) is 0 Å². The van der Waals surface area contributed by atoms with Gasteiger partial charge in [-0.25, -0.2) is 4.79 Å². The van der Waals surface area contributed by atoms with Gasteiger partial charge in [0.15, 0.2) is 0 Å². The summed E-state index contributed by atoms with van der Waals surface area (Å²) >= 11 is 1.52. The molecule has 5 unspecified atom stereocenters. The van der Waals surface area contributed by atoms with Gasteiger partial charge in [-0.3, -0.25) is 19.2 Å². The zero-order valence-corrected chi connectivity index (χ0v) is 21.5. The summed E-state index contributed by atoms with van der Waals surface area (Å²) in [5, 5.41) is 26.0. The summed E-state index contributed by atoms with van der Waals surface area (Å²) < 4.78 is 0. The van der Waals surface area contributed by atoms with Gasteiger partial charge in [-0.15, -0.1) is 0 Å². The van der Waals surface area contributed by atoms with Gasteiger partial charge in [-0.05, 0) is 29.9 Å². The number of benzene rings is 1. The predicted molar refractivity (Wildman–Crippen MR) is 136 cm³/mol. The molecule has 0 aromatic heterocycles. The highest BCUT2D eigenvalue weighted by molar-refractivity contribution is 7.98. The van der Waals surface area contributed by atoms with Crippen molar-refractivity contribution in [3.8, 4) is 0 Å². The number of nitrogens with one attached hydrogen (secondary N) is 3. The van der Waals surface area contributed by atoms with Gasteiger partial charge < -0.3 is 31.9 Å². The molecule has 1 aromatic carbocycles. The van der Waals surface area contributed by atoms with E-state index in [1.807, 2.05) is 6.26 Å². The number of aliphatic carboxylic acids is 2. The molecular weight excluding hydrogens is 488 g/mol. The molecule has 0 fully saturated rings. The highest BCUT2D eigenvalue weighted by Gasteiger charge is 2.33. The van der Waals surface area contributed by atoms with Crippen LogP contribution < -0.4 is 21.7 Å². The molecule has 0 radical (unpaired) electrons. The molecule has 0 aliphatic carbocycles. The van der Waals surface area contributed by atoms with Gasteiger partial charge in [0.2, 0.25) is 17.7 Å². The zero-order chi connectivity index (χ0) is 27.3. The Morgan fingerprint density at radius 2 is 1.53 bits per heavy atom. The van der Waals surface area contributed by atoms with Crippen molar-refractivity contribution < 1.29 is 34.2 Å². The molecule has 0 saturated carbocycles. The number of carboxylic acids is 2. The van der Waals surface area contributed by atoms with Gasteiger partial charge in [0.25, 0.3) is 0 Å². The average molecular weight is 525 g/mol. The lowest BCUT2D eigenvalue weighted by atomic mass is 9.98. The predicted octanol–water partition coefficient (Wildman–Crippen LogP) is 0.369. The third-order valence-electron chi connectivity index (χ3n) is 5.67. The molecule has 12 heteroatoms. The second kappa shape index (κ2) is 15.8. The molecule has 0 heterocycles. The first-order chi connectivity index (χ1) is 17.0. The molecule has 0 saturated heterocycles. The number of thioether (sulfide) groups is 1. The Kier molecular flexibility index (Phi) is 13.6. The third-order valence-corrected chi connectivity index (χ3v) is 6.32. The molecular formula is C24H36N4O7S. The van der Waals surface area contributed by atoms with Crippen LogP contribution in [0.25, 0.3) is 0 Å². The monoisotopic (exact) mass is 524 g/mol. The molecule has 7 N–H and O–H groups in total. The molecule has 11 nitrogen and oxygen atoms in total. The standard InChI is InChI=1S/C24H36N4O7S/c1-4-14(2)20(24(34)35)28-23(33)18(13-19(29)30)27-22(32)17(12-15-8-6-5-7-9-15)26-21(31)16(25)10-11-36-3/h5-9,14,16-18,20H,4,10-13,25H2,1-3H3,(H,26,31)(H,27,32)(H,28,33)(H,29,30)(H,34,35). The molecule has 1 aromatic rings. The topological polar surface area (TPSA) is 188 Å². The Hall–Kier alpha value is -3.12. The summed E-state index contributed by atoms with van der Waals surface area (Å²) in [6.45, 7) is 3.39. The Labute approximate surface area is 215 Å². The SMILES string of the molecule is CCC(C)C(NC(=O)C(CC(=O)O)NC(=O)C(Cc1ccccc1)NC(=O)C(N)CCSC)C(=O)O. The first-order valence-electron chi connectivity index (χ1n) is 11.6. The molecule has 0 spiro atoms. The second-order valence-corrected chi connectivity index (χ2v) is 9.49. The highest BCUT2D eigenvalue weighted by Crippen LogP contribution is 2.10. The van der Waals surface area contributed by atoms with Crippen LogP contribution in [-0.2, 0) is 30.4 Å². The highest BCUT2D eigenvalue weighted by atomic mass is 32.2. The van der Waals surface area contributed by atoms with Crippen LogP contribution in [0.2, 0.25) is 0 Å². The maximum atomic E-state index is 13.2. The van der Waals surface area contributed by atoms with Gasteiger partial charge in [0.1, 0.15) is 18.1 Å².